The van der Waals surface area contributed by atoms with E-state index in [1.807, 2.05) is 4.90 Å². The molecule has 1 heterocycles. The van der Waals surface area contributed by atoms with Crippen molar-refractivity contribution in [3.05, 3.63) is 102 Å². The van der Waals surface area contributed by atoms with E-state index in [2.05, 4.69) is 0 Å². The maximum absolute atomic E-state index is 14.0. The Balaban J connectivity index is 1.40. The summed E-state index contributed by atoms with van der Waals surface area (Å²) in [4.78, 5) is 29.2. The Morgan fingerprint density at radius 1 is 0.818 bits per heavy atom. The molecule has 0 saturated carbocycles. The molecule has 1 N–H and O–H groups in total. The number of aliphatic hydroxyl groups is 1. The van der Waals surface area contributed by atoms with Crippen LogP contribution in [0.3, 0.4) is 0 Å². The average Bonchev–Trinajstić information content (AvgIpc) is 2.88. The maximum atomic E-state index is 14.0. The van der Waals surface area contributed by atoms with E-state index in [-0.39, 0.29) is 11.7 Å². The van der Waals surface area contributed by atoms with Crippen molar-refractivity contribution in [3.63, 3.8) is 0 Å². The van der Waals surface area contributed by atoms with Gasteiger partial charge >= 0.3 is 5.97 Å². The molecule has 33 heavy (non-hydrogen) atoms. The van der Waals surface area contributed by atoms with Gasteiger partial charge in [0, 0.05) is 26.2 Å². The molecule has 170 valence electrons. The number of hydrogen-bond acceptors (Lipinski definition) is 5. The van der Waals surface area contributed by atoms with Crippen LogP contribution in [0.15, 0.2) is 84.9 Å². The minimum absolute atomic E-state index is 0.299. The monoisotopic (exact) mass is 448 g/mol. The summed E-state index contributed by atoms with van der Waals surface area (Å²) >= 11 is 0. The zero-order chi connectivity index (χ0) is 23.3. The van der Waals surface area contributed by atoms with Gasteiger partial charge in [0.1, 0.15) is 5.82 Å². The molecule has 1 aliphatic rings. The number of nitrogens with zero attached hydrogens (tertiary/aromatic N) is 2. The second-order valence-corrected chi connectivity index (χ2v) is 7.84. The van der Waals surface area contributed by atoms with Crippen LogP contribution in [-0.4, -0.2) is 54.7 Å². The van der Waals surface area contributed by atoms with Crippen molar-refractivity contribution in [1.82, 2.24) is 4.90 Å². The Kier molecular flexibility index (Phi) is 6.70. The summed E-state index contributed by atoms with van der Waals surface area (Å²) in [6.45, 7) is 1.22. The van der Waals surface area contributed by atoms with Crippen LogP contribution in [0.1, 0.15) is 11.1 Å². The van der Waals surface area contributed by atoms with Gasteiger partial charge in [0.2, 0.25) is 5.60 Å². The fourth-order valence-electron chi connectivity index (χ4n) is 3.99. The summed E-state index contributed by atoms with van der Waals surface area (Å²) in [5, 5.41) is 11.4. The number of hydrogen-bond donors (Lipinski definition) is 1. The molecule has 1 aliphatic heterocycles. The van der Waals surface area contributed by atoms with Crippen molar-refractivity contribution < 1.29 is 23.8 Å². The van der Waals surface area contributed by atoms with Crippen molar-refractivity contribution in [3.8, 4) is 0 Å². The molecule has 0 aromatic heterocycles. The zero-order valence-electron chi connectivity index (χ0n) is 18.1. The molecule has 7 heteroatoms. The summed E-state index contributed by atoms with van der Waals surface area (Å²) in [5.41, 5.74) is -0.821. The highest BCUT2D eigenvalue weighted by atomic mass is 19.1. The number of amides is 1. The first-order valence-electron chi connectivity index (χ1n) is 10.8. The largest absolute Gasteiger partial charge is 0.453 e. The standard InChI is InChI=1S/C26H25FN2O4/c27-22-13-7-8-14-23(22)28-15-17-29(18-16-28)24(30)19-33-25(31)26(32,20-9-3-1-4-10-20)21-11-5-2-6-12-21/h1-14,32H,15-19H2. The summed E-state index contributed by atoms with van der Waals surface area (Å²) in [7, 11) is 0. The van der Waals surface area contributed by atoms with Crippen LogP contribution in [-0.2, 0) is 19.9 Å². The van der Waals surface area contributed by atoms with E-state index in [0.717, 1.165) is 0 Å². The lowest BCUT2D eigenvalue weighted by Gasteiger charge is -2.36. The molecular weight excluding hydrogens is 423 g/mol. The van der Waals surface area contributed by atoms with E-state index in [1.54, 1.807) is 83.8 Å². The zero-order valence-corrected chi connectivity index (χ0v) is 18.1. The molecular formula is C26H25FN2O4. The molecule has 0 atom stereocenters. The van der Waals surface area contributed by atoms with Crippen LogP contribution >= 0.6 is 0 Å². The molecule has 4 rings (SSSR count). The van der Waals surface area contributed by atoms with Gasteiger partial charge in [0.15, 0.2) is 6.61 Å². The molecule has 0 bridgehead atoms. The Bertz CT molecular complexity index is 1060. The number of piperazine rings is 1. The molecule has 0 unspecified atom stereocenters. The van der Waals surface area contributed by atoms with Crippen LogP contribution in [0.5, 0.6) is 0 Å². The first-order chi connectivity index (χ1) is 16.0. The SMILES string of the molecule is O=C(COC(=O)C(O)(c1ccccc1)c1ccccc1)N1CCN(c2ccccc2F)CC1. The van der Waals surface area contributed by atoms with E-state index in [1.165, 1.54) is 6.07 Å². The summed E-state index contributed by atoms with van der Waals surface area (Å²) in [6, 6.07) is 23.5. The van der Waals surface area contributed by atoms with Gasteiger partial charge in [-0.2, -0.15) is 0 Å². The van der Waals surface area contributed by atoms with Gasteiger partial charge in [0.05, 0.1) is 5.69 Å². The average molecular weight is 448 g/mol. The number of benzene rings is 3. The Hall–Kier alpha value is -3.71. The Labute approximate surface area is 191 Å². The van der Waals surface area contributed by atoms with Crippen LogP contribution < -0.4 is 4.90 Å². The maximum Gasteiger partial charge on any atom is 0.348 e. The summed E-state index contributed by atoms with van der Waals surface area (Å²) < 4.78 is 19.3. The Morgan fingerprint density at radius 2 is 1.33 bits per heavy atom. The minimum Gasteiger partial charge on any atom is -0.453 e. The molecule has 0 radical (unpaired) electrons. The number of esters is 1. The van der Waals surface area contributed by atoms with Gasteiger partial charge in [0.25, 0.3) is 5.91 Å². The third kappa shape index (κ3) is 4.73. The van der Waals surface area contributed by atoms with Gasteiger partial charge < -0.3 is 19.6 Å². The van der Waals surface area contributed by atoms with E-state index in [9.17, 15) is 19.1 Å². The number of rotatable bonds is 6. The van der Waals surface area contributed by atoms with Gasteiger partial charge in [-0.3, -0.25) is 4.79 Å². The topological polar surface area (TPSA) is 70.1 Å². The molecule has 0 aliphatic carbocycles. The minimum atomic E-state index is -2.04. The second kappa shape index (κ2) is 9.83. The van der Waals surface area contributed by atoms with E-state index in [4.69, 9.17) is 4.74 Å². The van der Waals surface area contributed by atoms with Gasteiger partial charge in [-0.15, -0.1) is 0 Å². The molecule has 6 nitrogen and oxygen atoms in total. The third-order valence-electron chi connectivity index (χ3n) is 5.83. The lowest BCUT2D eigenvalue weighted by Crippen LogP contribution is -2.50. The highest BCUT2D eigenvalue weighted by Crippen LogP contribution is 2.31. The molecule has 1 saturated heterocycles. The molecule has 3 aromatic rings. The first kappa shape index (κ1) is 22.5. The highest BCUT2D eigenvalue weighted by molar-refractivity contribution is 5.88. The van der Waals surface area contributed by atoms with E-state index in [0.29, 0.717) is 43.0 Å². The fourth-order valence-corrected chi connectivity index (χ4v) is 3.99. The number of para-hydroxylation sites is 1. The van der Waals surface area contributed by atoms with Crippen molar-refractivity contribution >= 4 is 17.6 Å². The normalized spacial score (nSPS) is 14.1. The number of carbonyl (C=O) groups excluding carboxylic acids is 2. The summed E-state index contributed by atoms with van der Waals surface area (Å²) in [6.07, 6.45) is 0. The molecule has 3 aromatic carbocycles. The number of anilines is 1. The number of carbonyl (C=O) groups is 2. The highest BCUT2D eigenvalue weighted by Gasteiger charge is 2.42. The fraction of sp³-hybridized carbons (Fsp3) is 0.231. The number of halogens is 1. The third-order valence-corrected chi connectivity index (χ3v) is 5.83. The van der Waals surface area contributed by atoms with Gasteiger partial charge in [-0.25, -0.2) is 9.18 Å². The van der Waals surface area contributed by atoms with Crippen LogP contribution in [0, 0.1) is 5.82 Å². The van der Waals surface area contributed by atoms with Crippen molar-refractivity contribution in [2.24, 2.45) is 0 Å². The molecule has 1 fully saturated rings. The van der Waals surface area contributed by atoms with E-state index >= 15 is 0 Å². The lowest BCUT2D eigenvalue weighted by atomic mass is 9.86. The van der Waals surface area contributed by atoms with Crippen molar-refractivity contribution in [2.45, 2.75) is 5.60 Å². The van der Waals surface area contributed by atoms with Crippen molar-refractivity contribution in [2.75, 3.05) is 37.7 Å². The van der Waals surface area contributed by atoms with Crippen LogP contribution in [0.25, 0.3) is 0 Å². The van der Waals surface area contributed by atoms with Crippen LogP contribution in [0.4, 0.5) is 10.1 Å². The Morgan fingerprint density at radius 3 is 1.88 bits per heavy atom. The van der Waals surface area contributed by atoms with Gasteiger partial charge in [-0.1, -0.05) is 72.8 Å². The second-order valence-electron chi connectivity index (χ2n) is 7.84. The quantitative estimate of drug-likeness (QED) is 0.588. The van der Waals surface area contributed by atoms with Crippen molar-refractivity contribution in [1.29, 1.82) is 0 Å². The lowest BCUT2D eigenvalue weighted by molar-refractivity contribution is -0.166. The predicted molar refractivity (Wildman–Crippen MR) is 122 cm³/mol. The van der Waals surface area contributed by atoms with E-state index < -0.39 is 18.2 Å². The first-order valence-corrected chi connectivity index (χ1v) is 10.8. The number of ether oxygens (including phenoxy) is 1. The molecule has 0 spiro atoms. The smallest absolute Gasteiger partial charge is 0.348 e. The van der Waals surface area contributed by atoms with Gasteiger partial charge in [-0.05, 0) is 23.3 Å². The summed E-state index contributed by atoms with van der Waals surface area (Å²) in [5.74, 6) is -1.58. The molecule has 1 amide bonds. The predicted octanol–water partition coefficient (Wildman–Crippen LogP) is 2.95. The van der Waals surface area contributed by atoms with Crippen LogP contribution in [0.2, 0.25) is 0 Å².